The average molecular weight is 308 g/mol. The number of hydrogen-bond acceptors (Lipinski definition) is 2. The van der Waals surface area contributed by atoms with Gasteiger partial charge in [-0.2, -0.15) is 0 Å². The van der Waals surface area contributed by atoms with E-state index in [0.717, 1.165) is 10.0 Å². The first-order chi connectivity index (χ1) is 8.50. The Labute approximate surface area is 112 Å². The highest BCUT2D eigenvalue weighted by molar-refractivity contribution is 9.10. The summed E-state index contributed by atoms with van der Waals surface area (Å²) in [6, 6.07) is 8.24. The third-order valence-electron chi connectivity index (χ3n) is 2.60. The highest BCUT2D eigenvalue weighted by Gasteiger charge is 2.11. The fourth-order valence-electron chi connectivity index (χ4n) is 1.64. The van der Waals surface area contributed by atoms with Crippen LogP contribution in [-0.2, 0) is 0 Å². The average Bonchev–Trinajstić information content (AvgIpc) is 2.33. The van der Waals surface area contributed by atoms with Crippen LogP contribution in [0.1, 0.15) is 15.9 Å². The van der Waals surface area contributed by atoms with E-state index in [4.69, 9.17) is 5.11 Å². The van der Waals surface area contributed by atoms with Crippen molar-refractivity contribution < 1.29 is 9.90 Å². The van der Waals surface area contributed by atoms with Gasteiger partial charge < -0.3 is 5.11 Å². The summed E-state index contributed by atoms with van der Waals surface area (Å²) in [6.45, 7) is 1.90. The molecule has 0 amide bonds. The number of rotatable bonds is 2. The zero-order chi connectivity index (χ0) is 13.3. The number of aromatic carboxylic acids is 1. The molecule has 0 bridgehead atoms. The van der Waals surface area contributed by atoms with Crippen molar-refractivity contribution in [3.05, 3.63) is 62.5 Å². The number of nitrogens with zero attached hydrogens (tertiary/aromatic N) is 1. The fourth-order valence-corrected chi connectivity index (χ4v) is 1.89. The molecule has 1 N–H and O–H groups in total. The van der Waals surface area contributed by atoms with Crippen molar-refractivity contribution in [2.24, 2.45) is 0 Å². The van der Waals surface area contributed by atoms with Gasteiger partial charge in [0.15, 0.2) is 0 Å². The zero-order valence-electron chi connectivity index (χ0n) is 9.55. The maximum Gasteiger partial charge on any atom is 0.341 e. The maximum absolute atomic E-state index is 12.0. The summed E-state index contributed by atoms with van der Waals surface area (Å²) in [5.74, 6) is -1.22. The molecular formula is C13H10BrNO3. The Balaban J connectivity index is 2.65. The number of carboxylic acid groups (broad SMARTS) is 1. The largest absolute Gasteiger partial charge is 0.477 e. The lowest BCUT2D eigenvalue weighted by molar-refractivity contribution is 0.0694. The van der Waals surface area contributed by atoms with Crippen molar-refractivity contribution in [1.29, 1.82) is 0 Å². The Bertz CT molecular complexity index is 676. The standard InChI is InChI=1S/C13H10BrNO3/c1-8-7-9(4-5-11(8)14)15-6-2-3-10(12(15)16)13(17)18/h2-7H,1H3,(H,17,18). The Morgan fingerprint density at radius 2 is 2.06 bits per heavy atom. The summed E-state index contributed by atoms with van der Waals surface area (Å²) in [4.78, 5) is 22.9. The lowest BCUT2D eigenvalue weighted by Crippen LogP contribution is -2.24. The molecule has 0 saturated carbocycles. The van der Waals surface area contributed by atoms with Crippen molar-refractivity contribution in [2.75, 3.05) is 0 Å². The SMILES string of the molecule is Cc1cc(-n2cccc(C(=O)O)c2=O)ccc1Br. The van der Waals surface area contributed by atoms with Gasteiger partial charge in [0.05, 0.1) is 0 Å². The molecule has 0 saturated heterocycles. The molecule has 5 heteroatoms. The maximum atomic E-state index is 12.0. The lowest BCUT2D eigenvalue weighted by atomic mass is 10.2. The van der Waals surface area contributed by atoms with Crippen molar-refractivity contribution >= 4 is 21.9 Å². The van der Waals surface area contributed by atoms with Gasteiger partial charge in [-0.25, -0.2) is 4.79 Å². The number of halogens is 1. The molecular weight excluding hydrogens is 298 g/mol. The van der Waals surface area contributed by atoms with Gasteiger partial charge >= 0.3 is 5.97 Å². The van der Waals surface area contributed by atoms with Gasteiger partial charge in [-0.15, -0.1) is 0 Å². The minimum atomic E-state index is -1.22. The molecule has 0 atom stereocenters. The molecule has 0 unspecified atom stereocenters. The van der Waals surface area contributed by atoms with Crippen LogP contribution in [0, 0.1) is 6.92 Å². The van der Waals surface area contributed by atoms with Gasteiger partial charge in [-0.1, -0.05) is 15.9 Å². The van der Waals surface area contributed by atoms with Gasteiger partial charge in [0.25, 0.3) is 5.56 Å². The van der Waals surface area contributed by atoms with Crippen molar-refractivity contribution in [3.8, 4) is 5.69 Å². The summed E-state index contributed by atoms with van der Waals surface area (Å²) in [6.07, 6.45) is 1.55. The van der Waals surface area contributed by atoms with Gasteiger partial charge in [-0.05, 0) is 42.8 Å². The molecule has 2 aromatic rings. The predicted octanol–water partition coefficient (Wildman–Crippen LogP) is 2.61. The Morgan fingerprint density at radius 3 is 2.67 bits per heavy atom. The van der Waals surface area contributed by atoms with E-state index in [9.17, 15) is 9.59 Å². The number of carboxylic acids is 1. The topological polar surface area (TPSA) is 59.3 Å². The summed E-state index contributed by atoms with van der Waals surface area (Å²) in [5.41, 5.74) is 0.841. The van der Waals surface area contributed by atoms with Crippen LogP contribution >= 0.6 is 15.9 Å². The van der Waals surface area contributed by atoms with E-state index in [1.54, 1.807) is 18.3 Å². The van der Waals surface area contributed by atoms with Crippen LogP contribution in [-0.4, -0.2) is 15.6 Å². The Morgan fingerprint density at radius 1 is 1.33 bits per heavy atom. The smallest absolute Gasteiger partial charge is 0.341 e. The van der Waals surface area contributed by atoms with E-state index < -0.39 is 11.5 Å². The third-order valence-corrected chi connectivity index (χ3v) is 3.49. The summed E-state index contributed by atoms with van der Waals surface area (Å²) < 4.78 is 2.26. The minimum absolute atomic E-state index is 0.238. The first kappa shape index (κ1) is 12.6. The number of carbonyl (C=O) groups is 1. The molecule has 0 aliphatic carbocycles. The summed E-state index contributed by atoms with van der Waals surface area (Å²) in [7, 11) is 0. The second kappa shape index (κ2) is 4.78. The number of aryl methyl sites for hydroxylation is 1. The van der Waals surface area contributed by atoms with Gasteiger partial charge in [-0.3, -0.25) is 9.36 Å². The van der Waals surface area contributed by atoms with E-state index in [1.807, 2.05) is 19.1 Å². The van der Waals surface area contributed by atoms with Crippen LogP contribution in [0.3, 0.4) is 0 Å². The second-order valence-electron chi connectivity index (χ2n) is 3.84. The molecule has 1 aromatic heterocycles. The van der Waals surface area contributed by atoms with Crippen molar-refractivity contribution in [1.82, 2.24) is 4.57 Å². The highest BCUT2D eigenvalue weighted by atomic mass is 79.9. The highest BCUT2D eigenvalue weighted by Crippen LogP contribution is 2.18. The molecule has 18 heavy (non-hydrogen) atoms. The number of hydrogen-bond donors (Lipinski definition) is 1. The summed E-state index contributed by atoms with van der Waals surface area (Å²) >= 11 is 3.38. The Hall–Kier alpha value is -1.88. The van der Waals surface area contributed by atoms with Crippen LogP contribution in [0.15, 0.2) is 45.8 Å². The first-order valence-electron chi connectivity index (χ1n) is 5.22. The van der Waals surface area contributed by atoms with E-state index in [1.165, 1.54) is 10.6 Å². The lowest BCUT2D eigenvalue weighted by Gasteiger charge is -2.08. The van der Waals surface area contributed by atoms with E-state index >= 15 is 0 Å². The van der Waals surface area contributed by atoms with Crippen molar-refractivity contribution in [3.63, 3.8) is 0 Å². The molecule has 0 fully saturated rings. The number of pyridine rings is 1. The molecule has 0 aliphatic rings. The number of benzene rings is 1. The quantitative estimate of drug-likeness (QED) is 0.927. The molecule has 0 radical (unpaired) electrons. The van der Waals surface area contributed by atoms with Crippen LogP contribution in [0.5, 0.6) is 0 Å². The molecule has 1 heterocycles. The summed E-state index contributed by atoms with van der Waals surface area (Å²) in [5, 5.41) is 8.91. The van der Waals surface area contributed by atoms with Crippen LogP contribution < -0.4 is 5.56 Å². The Kier molecular flexibility index (Phi) is 3.34. The van der Waals surface area contributed by atoms with Gasteiger partial charge in [0.1, 0.15) is 5.56 Å². The monoisotopic (exact) mass is 307 g/mol. The normalized spacial score (nSPS) is 10.3. The number of aromatic nitrogens is 1. The van der Waals surface area contributed by atoms with Crippen LogP contribution in [0.25, 0.3) is 5.69 Å². The second-order valence-corrected chi connectivity index (χ2v) is 4.69. The van der Waals surface area contributed by atoms with E-state index in [-0.39, 0.29) is 5.56 Å². The molecule has 1 aromatic carbocycles. The van der Waals surface area contributed by atoms with Gasteiger partial charge in [0.2, 0.25) is 0 Å². The first-order valence-corrected chi connectivity index (χ1v) is 6.01. The third kappa shape index (κ3) is 2.22. The molecule has 92 valence electrons. The predicted molar refractivity (Wildman–Crippen MR) is 71.4 cm³/mol. The van der Waals surface area contributed by atoms with Crippen LogP contribution in [0.4, 0.5) is 0 Å². The van der Waals surface area contributed by atoms with E-state index in [2.05, 4.69) is 15.9 Å². The molecule has 4 nitrogen and oxygen atoms in total. The van der Waals surface area contributed by atoms with Crippen LogP contribution in [0.2, 0.25) is 0 Å². The molecule has 2 rings (SSSR count). The molecule has 0 aliphatic heterocycles. The van der Waals surface area contributed by atoms with Crippen molar-refractivity contribution in [2.45, 2.75) is 6.92 Å². The minimum Gasteiger partial charge on any atom is -0.477 e. The molecule has 0 spiro atoms. The van der Waals surface area contributed by atoms with E-state index in [0.29, 0.717) is 5.69 Å². The zero-order valence-corrected chi connectivity index (χ0v) is 11.1. The fraction of sp³-hybridized carbons (Fsp3) is 0.0769. The van der Waals surface area contributed by atoms with Gasteiger partial charge in [0, 0.05) is 16.4 Å².